The van der Waals surface area contributed by atoms with Crippen LogP contribution < -0.4 is 5.32 Å². The van der Waals surface area contributed by atoms with Gasteiger partial charge >= 0.3 is 0 Å². The molecule has 19 heavy (non-hydrogen) atoms. The van der Waals surface area contributed by atoms with Gasteiger partial charge in [0.25, 0.3) is 0 Å². The van der Waals surface area contributed by atoms with Gasteiger partial charge in [-0.25, -0.2) is 0 Å². The molecule has 0 radical (unpaired) electrons. The minimum absolute atomic E-state index is 0.476. The fraction of sp³-hybridized carbons (Fsp3) is 0.353. The van der Waals surface area contributed by atoms with Crippen molar-refractivity contribution in [2.24, 2.45) is 16.8 Å². The predicted octanol–water partition coefficient (Wildman–Crippen LogP) is 2.69. The van der Waals surface area contributed by atoms with Crippen molar-refractivity contribution < 1.29 is 0 Å². The number of piperidine rings is 1. The number of allylic oxidation sites excluding steroid dienone is 4. The van der Waals surface area contributed by atoms with E-state index >= 15 is 0 Å². The lowest BCUT2D eigenvalue weighted by atomic mass is 9.74. The van der Waals surface area contributed by atoms with Crippen LogP contribution in [-0.4, -0.2) is 24.8 Å². The summed E-state index contributed by atoms with van der Waals surface area (Å²) in [6, 6.07) is 11.2. The molecule has 0 spiro atoms. The Hall–Kier alpha value is -1.67. The summed E-state index contributed by atoms with van der Waals surface area (Å²) in [4.78, 5) is 4.93. The average Bonchev–Trinajstić information content (AvgIpc) is 2.86. The summed E-state index contributed by atoms with van der Waals surface area (Å²) in [6.07, 6.45) is 7.88. The largest absolute Gasteiger partial charge is 0.315 e. The van der Waals surface area contributed by atoms with E-state index in [1.807, 2.05) is 0 Å². The highest BCUT2D eigenvalue weighted by molar-refractivity contribution is 6.08. The monoisotopic (exact) mass is 250 g/mol. The maximum Gasteiger partial charge on any atom is 0.0665 e. The zero-order valence-electron chi connectivity index (χ0n) is 10.9. The predicted molar refractivity (Wildman–Crippen MR) is 79.2 cm³/mol. The Labute approximate surface area is 113 Å². The van der Waals surface area contributed by atoms with Crippen molar-refractivity contribution in [1.29, 1.82) is 0 Å². The second-order valence-corrected chi connectivity index (χ2v) is 5.60. The normalized spacial score (nSPS) is 32.3. The van der Waals surface area contributed by atoms with E-state index in [9.17, 15) is 0 Å². The number of fused-ring (bicyclic) bond motifs is 3. The Balaban J connectivity index is 1.75. The van der Waals surface area contributed by atoms with Crippen molar-refractivity contribution in [2.45, 2.75) is 12.5 Å². The summed E-state index contributed by atoms with van der Waals surface area (Å²) >= 11 is 0. The molecule has 3 aliphatic rings. The van der Waals surface area contributed by atoms with Crippen LogP contribution in [0.25, 0.3) is 5.57 Å². The van der Waals surface area contributed by atoms with Crippen LogP contribution in [-0.2, 0) is 0 Å². The van der Waals surface area contributed by atoms with Gasteiger partial charge in [-0.1, -0.05) is 42.5 Å². The molecular weight excluding hydrogens is 232 g/mol. The molecule has 0 bridgehead atoms. The summed E-state index contributed by atoms with van der Waals surface area (Å²) in [6.45, 7) is 2.17. The van der Waals surface area contributed by atoms with Gasteiger partial charge in [-0.15, -0.1) is 0 Å². The SMILES string of the molecule is C1=CC2=NC3CNCCC3C2C(c2ccccc2)=C1. The van der Waals surface area contributed by atoms with Crippen molar-refractivity contribution in [3.8, 4) is 0 Å². The molecule has 2 aliphatic heterocycles. The van der Waals surface area contributed by atoms with Gasteiger partial charge in [-0.3, -0.25) is 4.99 Å². The molecular formula is C17H18N2. The number of hydrogen-bond donors (Lipinski definition) is 1. The van der Waals surface area contributed by atoms with Crippen LogP contribution in [0.4, 0.5) is 0 Å². The first-order valence-electron chi connectivity index (χ1n) is 7.15. The molecule has 0 amide bonds. The first kappa shape index (κ1) is 11.2. The number of aliphatic imine (C=N–C) groups is 1. The topological polar surface area (TPSA) is 24.4 Å². The van der Waals surface area contributed by atoms with Crippen LogP contribution >= 0.6 is 0 Å². The fourth-order valence-corrected chi connectivity index (χ4v) is 3.68. The molecule has 1 N–H and O–H groups in total. The van der Waals surface area contributed by atoms with Crippen LogP contribution in [0.3, 0.4) is 0 Å². The van der Waals surface area contributed by atoms with Crippen molar-refractivity contribution in [3.05, 3.63) is 54.1 Å². The van der Waals surface area contributed by atoms with Crippen LogP contribution in [0.2, 0.25) is 0 Å². The fourth-order valence-electron chi connectivity index (χ4n) is 3.68. The Morgan fingerprint density at radius 2 is 2.05 bits per heavy atom. The molecule has 2 heterocycles. The minimum Gasteiger partial charge on any atom is -0.315 e. The molecule has 1 saturated heterocycles. The Bertz CT molecular complexity index is 568. The zero-order valence-corrected chi connectivity index (χ0v) is 10.9. The molecule has 3 unspecified atom stereocenters. The maximum absolute atomic E-state index is 4.93. The molecule has 4 rings (SSSR count). The van der Waals surface area contributed by atoms with Gasteiger partial charge in [-0.05, 0) is 36.1 Å². The number of hydrogen-bond acceptors (Lipinski definition) is 2. The van der Waals surface area contributed by atoms with Crippen LogP contribution in [0, 0.1) is 11.8 Å². The van der Waals surface area contributed by atoms with E-state index in [4.69, 9.17) is 4.99 Å². The van der Waals surface area contributed by atoms with E-state index in [2.05, 4.69) is 53.9 Å². The lowest BCUT2D eigenvalue weighted by molar-refractivity contribution is 0.326. The summed E-state index contributed by atoms with van der Waals surface area (Å²) < 4.78 is 0. The van der Waals surface area contributed by atoms with Gasteiger partial charge in [0, 0.05) is 18.2 Å². The van der Waals surface area contributed by atoms with Gasteiger partial charge in [0.2, 0.25) is 0 Å². The van der Waals surface area contributed by atoms with Gasteiger partial charge in [-0.2, -0.15) is 0 Å². The summed E-state index contributed by atoms with van der Waals surface area (Å²) in [5.41, 5.74) is 4.10. The summed E-state index contributed by atoms with van der Waals surface area (Å²) in [5.74, 6) is 1.20. The van der Waals surface area contributed by atoms with E-state index in [0.717, 1.165) is 13.1 Å². The lowest BCUT2D eigenvalue weighted by Gasteiger charge is -2.31. The van der Waals surface area contributed by atoms with E-state index in [0.29, 0.717) is 17.9 Å². The molecule has 1 aromatic rings. The van der Waals surface area contributed by atoms with E-state index in [1.54, 1.807) is 0 Å². The number of nitrogens with one attached hydrogen (secondary N) is 1. The minimum atomic E-state index is 0.476. The Kier molecular flexibility index (Phi) is 2.63. The van der Waals surface area contributed by atoms with Gasteiger partial charge in [0.05, 0.1) is 6.04 Å². The third kappa shape index (κ3) is 1.79. The van der Waals surface area contributed by atoms with E-state index in [1.165, 1.54) is 23.3 Å². The molecule has 0 aromatic heterocycles. The lowest BCUT2D eigenvalue weighted by Crippen LogP contribution is -2.40. The van der Waals surface area contributed by atoms with Gasteiger partial charge in [0.1, 0.15) is 0 Å². The van der Waals surface area contributed by atoms with Gasteiger partial charge in [0.15, 0.2) is 0 Å². The Morgan fingerprint density at radius 3 is 2.95 bits per heavy atom. The number of benzene rings is 1. The third-order valence-electron chi connectivity index (χ3n) is 4.55. The first-order valence-corrected chi connectivity index (χ1v) is 7.15. The number of rotatable bonds is 1. The van der Waals surface area contributed by atoms with Crippen molar-refractivity contribution >= 4 is 11.3 Å². The molecule has 1 aliphatic carbocycles. The number of nitrogens with zero attached hydrogens (tertiary/aromatic N) is 1. The molecule has 2 heteroatoms. The van der Waals surface area contributed by atoms with E-state index in [-0.39, 0.29) is 0 Å². The summed E-state index contributed by atoms with van der Waals surface area (Å²) in [5, 5.41) is 3.47. The third-order valence-corrected chi connectivity index (χ3v) is 4.55. The van der Waals surface area contributed by atoms with Gasteiger partial charge < -0.3 is 5.32 Å². The molecule has 3 atom stereocenters. The van der Waals surface area contributed by atoms with E-state index < -0.39 is 0 Å². The highest BCUT2D eigenvalue weighted by atomic mass is 15.0. The smallest absolute Gasteiger partial charge is 0.0665 e. The Morgan fingerprint density at radius 1 is 1.16 bits per heavy atom. The highest BCUT2D eigenvalue weighted by Crippen LogP contribution is 2.42. The van der Waals surface area contributed by atoms with Crippen LogP contribution in [0.15, 0.2) is 53.6 Å². The average molecular weight is 250 g/mol. The quantitative estimate of drug-likeness (QED) is 0.814. The van der Waals surface area contributed by atoms with Crippen molar-refractivity contribution in [1.82, 2.24) is 5.32 Å². The molecule has 96 valence electrons. The highest BCUT2D eigenvalue weighted by Gasteiger charge is 2.41. The maximum atomic E-state index is 4.93. The molecule has 2 nitrogen and oxygen atoms in total. The summed E-state index contributed by atoms with van der Waals surface area (Å²) in [7, 11) is 0. The first-order chi connectivity index (χ1) is 9.43. The van der Waals surface area contributed by atoms with Crippen LogP contribution in [0.5, 0.6) is 0 Å². The zero-order chi connectivity index (χ0) is 12.7. The van der Waals surface area contributed by atoms with Crippen molar-refractivity contribution in [2.75, 3.05) is 13.1 Å². The standard InChI is InChI=1S/C17H18N2/c1-2-5-12(6-3-1)13-7-4-8-15-17(13)14-9-10-18-11-16(14)19-15/h1-8,14,16-18H,9-11H2. The molecule has 0 saturated carbocycles. The molecule has 1 fully saturated rings. The molecule has 1 aromatic carbocycles. The second kappa shape index (κ2) is 4.46. The van der Waals surface area contributed by atoms with Crippen LogP contribution in [0.1, 0.15) is 12.0 Å². The second-order valence-electron chi connectivity index (χ2n) is 5.60. The van der Waals surface area contributed by atoms with Crippen molar-refractivity contribution in [3.63, 3.8) is 0 Å².